The van der Waals surface area contributed by atoms with Crippen LogP contribution in [0.3, 0.4) is 0 Å². The number of nitrogens with two attached hydrogens (primary N) is 1. The van der Waals surface area contributed by atoms with E-state index in [2.05, 4.69) is 26.3 Å². The fourth-order valence-electron chi connectivity index (χ4n) is 1.84. The summed E-state index contributed by atoms with van der Waals surface area (Å²) in [5.41, 5.74) is 4.24. The molecule has 0 aliphatic carbocycles. The second-order valence-corrected chi connectivity index (χ2v) is 6.54. The van der Waals surface area contributed by atoms with Crippen LogP contribution in [0.2, 0.25) is 0 Å². The van der Waals surface area contributed by atoms with Crippen molar-refractivity contribution in [3.05, 3.63) is 49.6 Å². The summed E-state index contributed by atoms with van der Waals surface area (Å²) in [4.78, 5) is 5.64. The molecule has 0 fully saturated rings. The molecule has 19 heavy (non-hydrogen) atoms. The van der Waals surface area contributed by atoms with Crippen LogP contribution in [0.25, 0.3) is 0 Å². The Morgan fingerprint density at radius 2 is 2.21 bits per heavy atom. The molecule has 2 rings (SSSR count). The third-order valence-electron chi connectivity index (χ3n) is 2.99. The van der Waals surface area contributed by atoms with Crippen molar-refractivity contribution in [2.75, 3.05) is 0 Å². The van der Waals surface area contributed by atoms with Crippen LogP contribution < -0.4 is 11.3 Å². The fraction of sp³-hybridized carbons (Fsp3) is 0.308. The Bertz CT molecular complexity index is 566. The van der Waals surface area contributed by atoms with Gasteiger partial charge in [0.1, 0.15) is 5.82 Å². The van der Waals surface area contributed by atoms with Crippen LogP contribution in [-0.2, 0) is 6.42 Å². The number of nitrogens with zero attached hydrogens (tertiary/aromatic N) is 1. The number of rotatable bonds is 4. The van der Waals surface area contributed by atoms with E-state index in [9.17, 15) is 4.39 Å². The third-order valence-corrected chi connectivity index (χ3v) is 4.58. The zero-order chi connectivity index (χ0) is 14.0. The van der Waals surface area contributed by atoms with Crippen molar-refractivity contribution in [3.63, 3.8) is 0 Å². The average molecular weight is 344 g/mol. The SMILES string of the molecule is Cc1nc(CC(NN)c2ccc(Br)cc2F)sc1C. The molecular weight excluding hydrogens is 329 g/mol. The zero-order valence-electron chi connectivity index (χ0n) is 10.7. The van der Waals surface area contributed by atoms with Gasteiger partial charge in [-0.2, -0.15) is 0 Å². The summed E-state index contributed by atoms with van der Waals surface area (Å²) in [5.74, 6) is 5.28. The smallest absolute Gasteiger partial charge is 0.129 e. The van der Waals surface area contributed by atoms with Crippen LogP contribution in [0, 0.1) is 19.7 Å². The topological polar surface area (TPSA) is 50.9 Å². The maximum Gasteiger partial charge on any atom is 0.129 e. The summed E-state index contributed by atoms with van der Waals surface area (Å²) >= 11 is 4.87. The van der Waals surface area contributed by atoms with E-state index in [4.69, 9.17) is 5.84 Å². The minimum Gasteiger partial charge on any atom is -0.271 e. The lowest BCUT2D eigenvalue weighted by atomic mass is 10.0. The van der Waals surface area contributed by atoms with Gasteiger partial charge in [0.25, 0.3) is 0 Å². The molecule has 6 heteroatoms. The first kappa shape index (κ1) is 14.6. The van der Waals surface area contributed by atoms with Gasteiger partial charge in [-0.1, -0.05) is 22.0 Å². The maximum absolute atomic E-state index is 13.9. The molecule has 1 unspecified atom stereocenters. The normalized spacial score (nSPS) is 12.7. The van der Waals surface area contributed by atoms with Crippen molar-refractivity contribution in [1.29, 1.82) is 0 Å². The molecule has 0 aliphatic rings. The summed E-state index contributed by atoms with van der Waals surface area (Å²) in [6, 6.07) is 4.70. The molecule has 1 atom stereocenters. The van der Waals surface area contributed by atoms with Crippen molar-refractivity contribution in [2.45, 2.75) is 26.3 Å². The third kappa shape index (κ3) is 3.39. The second-order valence-electron chi connectivity index (χ2n) is 4.34. The molecule has 3 nitrogen and oxygen atoms in total. The van der Waals surface area contributed by atoms with Crippen molar-refractivity contribution >= 4 is 27.3 Å². The number of nitrogens with one attached hydrogen (secondary N) is 1. The summed E-state index contributed by atoms with van der Waals surface area (Å²) in [7, 11) is 0. The Morgan fingerprint density at radius 1 is 1.47 bits per heavy atom. The van der Waals surface area contributed by atoms with Crippen LogP contribution in [0.4, 0.5) is 4.39 Å². The van der Waals surface area contributed by atoms with E-state index in [-0.39, 0.29) is 11.9 Å². The largest absolute Gasteiger partial charge is 0.271 e. The second kappa shape index (κ2) is 6.09. The van der Waals surface area contributed by atoms with Crippen LogP contribution >= 0.6 is 27.3 Å². The lowest BCUT2D eigenvalue weighted by Crippen LogP contribution is -2.30. The van der Waals surface area contributed by atoms with Gasteiger partial charge < -0.3 is 0 Å². The molecule has 0 amide bonds. The Kier molecular flexibility index (Phi) is 4.67. The Labute approximate surface area is 124 Å². The summed E-state index contributed by atoms with van der Waals surface area (Å²) < 4.78 is 14.6. The van der Waals surface area contributed by atoms with Gasteiger partial charge in [-0.25, -0.2) is 9.37 Å². The number of halogens is 2. The molecule has 0 aliphatic heterocycles. The highest BCUT2D eigenvalue weighted by molar-refractivity contribution is 9.10. The number of hydrogen-bond acceptors (Lipinski definition) is 4. The van der Waals surface area contributed by atoms with Gasteiger partial charge in [0.15, 0.2) is 0 Å². The van der Waals surface area contributed by atoms with E-state index in [0.29, 0.717) is 16.5 Å². The van der Waals surface area contributed by atoms with Gasteiger partial charge in [-0.05, 0) is 26.0 Å². The van der Waals surface area contributed by atoms with E-state index in [0.717, 1.165) is 10.7 Å². The van der Waals surface area contributed by atoms with Crippen LogP contribution in [0.15, 0.2) is 22.7 Å². The van der Waals surface area contributed by atoms with Gasteiger partial charge in [0, 0.05) is 21.3 Å². The number of hydrazine groups is 1. The predicted molar refractivity (Wildman–Crippen MR) is 79.5 cm³/mol. The number of benzene rings is 1. The first-order valence-electron chi connectivity index (χ1n) is 5.85. The van der Waals surface area contributed by atoms with E-state index in [1.165, 1.54) is 10.9 Å². The minimum absolute atomic E-state index is 0.276. The Hall–Kier alpha value is -0.820. The van der Waals surface area contributed by atoms with E-state index >= 15 is 0 Å². The first-order chi connectivity index (χ1) is 9.01. The highest BCUT2D eigenvalue weighted by Gasteiger charge is 2.17. The van der Waals surface area contributed by atoms with Crippen molar-refractivity contribution in [2.24, 2.45) is 5.84 Å². The minimum atomic E-state index is -0.280. The lowest BCUT2D eigenvalue weighted by Gasteiger charge is -2.15. The molecule has 1 heterocycles. The Morgan fingerprint density at radius 3 is 2.74 bits per heavy atom. The number of thiazole rings is 1. The number of hydrogen-bond donors (Lipinski definition) is 2. The molecule has 0 spiro atoms. The molecule has 1 aromatic heterocycles. The standard InChI is InChI=1S/C13H15BrFN3S/c1-7-8(2)19-13(17-7)6-12(18-16)10-4-3-9(14)5-11(10)15/h3-5,12,18H,6,16H2,1-2H3. The molecule has 2 aromatic rings. The zero-order valence-corrected chi connectivity index (χ0v) is 13.1. The molecule has 0 saturated carbocycles. The highest BCUT2D eigenvalue weighted by atomic mass is 79.9. The number of aromatic nitrogens is 1. The fourth-order valence-corrected chi connectivity index (χ4v) is 3.16. The van der Waals surface area contributed by atoms with E-state index in [1.54, 1.807) is 23.5 Å². The molecule has 3 N–H and O–H groups in total. The van der Waals surface area contributed by atoms with Gasteiger partial charge >= 0.3 is 0 Å². The average Bonchev–Trinajstić information content (AvgIpc) is 2.66. The van der Waals surface area contributed by atoms with Gasteiger partial charge in [-0.3, -0.25) is 11.3 Å². The van der Waals surface area contributed by atoms with Crippen LogP contribution in [0.5, 0.6) is 0 Å². The molecule has 0 saturated heterocycles. The van der Waals surface area contributed by atoms with Crippen LogP contribution in [0.1, 0.15) is 27.2 Å². The lowest BCUT2D eigenvalue weighted by molar-refractivity contribution is 0.509. The van der Waals surface area contributed by atoms with Crippen LogP contribution in [-0.4, -0.2) is 4.98 Å². The van der Waals surface area contributed by atoms with Crippen molar-refractivity contribution < 1.29 is 4.39 Å². The van der Waals surface area contributed by atoms with Gasteiger partial charge in [0.2, 0.25) is 0 Å². The monoisotopic (exact) mass is 343 g/mol. The van der Waals surface area contributed by atoms with E-state index in [1.807, 2.05) is 13.8 Å². The molecule has 102 valence electrons. The van der Waals surface area contributed by atoms with Gasteiger partial charge in [0.05, 0.1) is 16.7 Å². The quantitative estimate of drug-likeness (QED) is 0.660. The molecule has 0 radical (unpaired) electrons. The summed E-state index contributed by atoms with van der Waals surface area (Å²) in [5, 5.41) is 0.959. The molecule has 1 aromatic carbocycles. The van der Waals surface area contributed by atoms with Crippen molar-refractivity contribution in [3.8, 4) is 0 Å². The maximum atomic E-state index is 13.9. The van der Waals surface area contributed by atoms with Crippen molar-refractivity contribution in [1.82, 2.24) is 10.4 Å². The summed E-state index contributed by atoms with van der Waals surface area (Å²) in [6.45, 7) is 4.00. The highest BCUT2D eigenvalue weighted by Crippen LogP contribution is 2.26. The van der Waals surface area contributed by atoms with E-state index < -0.39 is 0 Å². The first-order valence-corrected chi connectivity index (χ1v) is 7.46. The van der Waals surface area contributed by atoms with Gasteiger partial charge in [-0.15, -0.1) is 11.3 Å². The summed E-state index contributed by atoms with van der Waals surface area (Å²) in [6.07, 6.45) is 0.578. The molecule has 0 bridgehead atoms. The number of aryl methyl sites for hydroxylation is 2. The molecular formula is C13H15BrFN3S. The Balaban J connectivity index is 2.24. The predicted octanol–water partition coefficient (Wildman–Crippen LogP) is 3.41.